The lowest BCUT2D eigenvalue weighted by atomic mass is 9.95. The van der Waals surface area contributed by atoms with Gasteiger partial charge >= 0.3 is 0 Å². The lowest BCUT2D eigenvalue weighted by Gasteiger charge is -2.28. The van der Waals surface area contributed by atoms with Gasteiger partial charge in [-0.1, -0.05) is 30.3 Å². The highest BCUT2D eigenvalue weighted by atomic mass is 32.2. The van der Waals surface area contributed by atoms with Gasteiger partial charge in [0.25, 0.3) is 5.91 Å². The summed E-state index contributed by atoms with van der Waals surface area (Å²) in [5.41, 5.74) is -0.786. The fraction of sp³-hybridized carbons (Fsp3) is 0.562. The first-order valence-electron chi connectivity index (χ1n) is 7.64. The third-order valence-corrected chi connectivity index (χ3v) is 5.40. The van der Waals surface area contributed by atoms with E-state index < -0.39 is 21.5 Å². The summed E-state index contributed by atoms with van der Waals surface area (Å²) in [7, 11) is -2.41. The van der Waals surface area contributed by atoms with E-state index in [1.54, 1.807) is 31.2 Å². The van der Waals surface area contributed by atoms with Crippen LogP contribution in [0.3, 0.4) is 0 Å². The van der Waals surface area contributed by atoms with Crippen LogP contribution in [0.5, 0.6) is 0 Å². The van der Waals surface area contributed by atoms with Crippen LogP contribution < -0.4 is 4.72 Å². The topological polar surface area (TPSA) is 81.7 Å². The predicted octanol–water partition coefficient (Wildman–Crippen LogP) is 1.56. The molecule has 0 aromatic heterocycles. The predicted molar refractivity (Wildman–Crippen MR) is 86.3 cm³/mol. The van der Waals surface area contributed by atoms with Crippen LogP contribution in [0.15, 0.2) is 30.3 Å². The molecule has 1 aromatic carbocycles. The Balaban J connectivity index is 2.09. The van der Waals surface area contributed by atoms with Gasteiger partial charge in [-0.25, -0.2) is 8.42 Å². The minimum Gasteiger partial charge on any atom is -0.377 e. The van der Waals surface area contributed by atoms with E-state index in [0.717, 1.165) is 12.8 Å². The van der Waals surface area contributed by atoms with Gasteiger partial charge in [0.05, 0.1) is 11.9 Å². The van der Waals surface area contributed by atoms with E-state index in [2.05, 4.69) is 4.72 Å². The number of sulfonamides is 1. The molecule has 1 fully saturated rings. The fourth-order valence-corrected chi connectivity index (χ4v) is 3.87. The first-order valence-corrected chi connectivity index (χ1v) is 9.30. The monoisotopic (exact) mass is 341 g/mol. The largest absolute Gasteiger partial charge is 0.377 e. The number of hydrogen-bond acceptors (Lipinski definition) is 5. The third-order valence-electron chi connectivity index (χ3n) is 4.09. The number of benzene rings is 1. The first kappa shape index (κ1) is 17.9. The van der Waals surface area contributed by atoms with Crippen LogP contribution in [0.1, 0.15) is 31.7 Å². The van der Waals surface area contributed by atoms with Crippen LogP contribution in [0.2, 0.25) is 0 Å². The Bertz CT molecular complexity index is 625. The molecule has 0 radical (unpaired) electrons. The van der Waals surface area contributed by atoms with Gasteiger partial charge in [-0.2, -0.15) is 0 Å². The average Bonchev–Trinajstić information content (AvgIpc) is 2.54. The zero-order valence-electron chi connectivity index (χ0n) is 13.4. The zero-order valence-corrected chi connectivity index (χ0v) is 14.3. The van der Waals surface area contributed by atoms with Gasteiger partial charge in [-0.3, -0.25) is 9.52 Å². The molecule has 0 saturated carbocycles. The molecule has 2 rings (SSSR count). The van der Waals surface area contributed by atoms with Crippen LogP contribution in [-0.2, 0) is 29.9 Å². The third kappa shape index (κ3) is 4.53. The summed E-state index contributed by atoms with van der Waals surface area (Å²) in [6.45, 7) is 2.11. The number of rotatable bonds is 6. The van der Waals surface area contributed by atoms with Crippen LogP contribution in [0.25, 0.3) is 0 Å². The molecule has 1 aromatic rings. The molecule has 0 unspecified atom stereocenters. The number of hydrogen-bond donors (Lipinski definition) is 1. The highest BCUT2D eigenvalue weighted by Gasteiger charge is 2.38. The lowest BCUT2D eigenvalue weighted by Crippen LogP contribution is -2.48. The molecule has 1 aliphatic rings. The standard InChI is InChI=1S/C16H23NO5S/c1-16(21-2,13-8-4-3-5-9-13)15(18)17-23(19,20)12-14-10-6-7-11-22-14/h3-5,8-9,14H,6-7,10-12H2,1-2H3,(H,17,18)/t14-,16-/m0/s1. The molecule has 128 valence electrons. The second kappa shape index (κ2) is 7.42. The Kier molecular flexibility index (Phi) is 5.78. The average molecular weight is 341 g/mol. The van der Waals surface area contributed by atoms with Crippen molar-refractivity contribution in [2.24, 2.45) is 0 Å². The molecule has 7 heteroatoms. The molecule has 1 amide bonds. The Morgan fingerprint density at radius 2 is 2.04 bits per heavy atom. The van der Waals surface area contributed by atoms with Crippen molar-refractivity contribution in [1.29, 1.82) is 0 Å². The number of nitrogens with one attached hydrogen (secondary N) is 1. The van der Waals surface area contributed by atoms with Gasteiger partial charge in [-0.15, -0.1) is 0 Å². The minimum atomic E-state index is -3.79. The number of carbonyl (C=O) groups is 1. The van der Waals surface area contributed by atoms with Gasteiger partial charge < -0.3 is 9.47 Å². The number of methoxy groups -OCH3 is 1. The van der Waals surface area contributed by atoms with Crippen LogP contribution in [0.4, 0.5) is 0 Å². The zero-order chi connectivity index (χ0) is 16.9. The maximum atomic E-state index is 12.5. The highest BCUT2D eigenvalue weighted by Crippen LogP contribution is 2.25. The molecule has 1 saturated heterocycles. The van der Waals surface area contributed by atoms with E-state index in [1.807, 2.05) is 6.07 Å². The smallest absolute Gasteiger partial charge is 0.270 e. The number of carbonyl (C=O) groups excluding carboxylic acids is 1. The Morgan fingerprint density at radius 1 is 1.35 bits per heavy atom. The highest BCUT2D eigenvalue weighted by molar-refractivity contribution is 7.90. The van der Waals surface area contributed by atoms with Crippen LogP contribution in [0, 0.1) is 0 Å². The van der Waals surface area contributed by atoms with E-state index in [4.69, 9.17) is 9.47 Å². The molecule has 1 heterocycles. The second-order valence-corrected chi connectivity index (χ2v) is 7.57. The van der Waals surface area contributed by atoms with Crippen molar-refractivity contribution in [1.82, 2.24) is 4.72 Å². The summed E-state index contributed by atoms with van der Waals surface area (Å²) in [5, 5.41) is 0. The van der Waals surface area contributed by atoms with Crippen molar-refractivity contribution < 1.29 is 22.7 Å². The van der Waals surface area contributed by atoms with E-state index in [1.165, 1.54) is 7.11 Å². The van der Waals surface area contributed by atoms with Crippen molar-refractivity contribution in [3.05, 3.63) is 35.9 Å². The van der Waals surface area contributed by atoms with Crippen molar-refractivity contribution in [3.63, 3.8) is 0 Å². The van der Waals surface area contributed by atoms with Crippen molar-refractivity contribution in [2.75, 3.05) is 19.5 Å². The summed E-state index contributed by atoms with van der Waals surface area (Å²) in [5.74, 6) is -0.921. The van der Waals surface area contributed by atoms with Crippen molar-refractivity contribution >= 4 is 15.9 Å². The van der Waals surface area contributed by atoms with Crippen LogP contribution >= 0.6 is 0 Å². The maximum absolute atomic E-state index is 12.5. The molecule has 0 bridgehead atoms. The quantitative estimate of drug-likeness (QED) is 0.849. The Hall–Kier alpha value is -1.44. The van der Waals surface area contributed by atoms with E-state index in [-0.39, 0.29) is 11.9 Å². The molecule has 2 atom stereocenters. The van der Waals surface area contributed by atoms with E-state index in [0.29, 0.717) is 18.6 Å². The van der Waals surface area contributed by atoms with E-state index in [9.17, 15) is 13.2 Å². The van der Waals surface area contributed by atoms with Gasteiger partial charge in [0.1, 0.15) is 0 Å². The van der Waals surface area contributed by atoms with Crippen LogP contribution in [-0.4, -0.2) is 39.9 Å². The first-order chi connectivity index (χ1) is 10.9. The number of amides is 1. The molecule has 0 aliphatic carbocycles. The molecular formula is C16H23NO5S. The molecular weight excluding hydrogens is 318 g/mol. The Morgan fingerprint density at radius 3 is 2.61 bits per heavy atom. The molecule has 1 N–H and O–H groups in total. The summed E-state index contributed by atoms with van der Waals surface area (Å²) in [6, 6.07) is 8.79. The van der Waals surface area contributed by atoms with Gasteiger partial charge in [0.2, 0.25) is 10.0 Å². The Labute approximate surface area is 137 Å². The normalized spacial score (nSPS) is 21.4. The number of ether oxygens (including phenoxy) is 2. The van der Waals surface area contributed by atoms with Gasteiger partial charge in [0, 0.05) is 13.7 Å². The second-order valence-electron chi connectivity index (χ2n) is 5.80. The van der Waals surface area contributed by atoms with Gasteiger partial charge in [-0.05, 0) is 31.7 Å². The van der Waals surface area contributed by atoms with Gasteiger partial charge in [0.15, 0.2) is 5.60 Å². The summed E-state index contributed by atoms with van der Waals surface area (Å²) < 4.78 is 37.3. The minimum absolute atomic E-state index is 0.215. The van der Waals surface area contributed by atoms with Crippen molar-refractivity contribution in [2.45, 2.75) is 37.9 Å². The SMILES string of the molecule is CO[C@](C)(C(=O)NS(=O)(=O)C[C@@H]1CCCCO1)c1ccccc1. The summed E-state index contributed by atoms with van der Waals surface area (Å²) in [6.07, 6.45) is 2.21. The summed E-state index contributed by atoms with van der Waals surface area (Å²) in [4.78, 5) is 12.5. The molecule has 23 heavy (non-hydrogen) atoms. The van der Waals surface area contributed by atoms with E-state index >= 15 is 0 Å². The molecule has 6 nitrogen and oxygen atoms in total. The maximum Gasteiger partial charge on any atom is 0.270 e. The summed E-state index contributed by atoms with van der Waals surface area (Å²) >= 11 is 0. The lowest BCUT2D eigenvalue weighted by molar-refractivity contribution is -0.140. The molecule has 0 spiro atoms. The molecule has 1 aliphatic heterocycles. The fourth-order valence-electron chi connectivity index (χ4n) is 2.56. The van der Waals surface area contributed by atoms with Crippen molar-refractivity contribution in [3.8, 4) is 0 Å².